The summed E-state index contributed by atoms with van der Waals surface area (Å²) in [7, 11) is 1.60. The fourth-order valence-electron chi connectivity index (χ4n) is 1.58. The molecule has 108 valence electrons. The number of methoxy groups -OCH3 is 1. The first-order valence-corrected chi connectivity index (χ1v) is 6.19. The quantitative estimate of drug-likeness (QED) is 0.735. The maximum absolute atomic E-state index is 12.1. The third-order valence-corrected chi connectivity index (χ3v) is 2.63. The standard InChI is InChI=1S/C14H18N2O4/c1-10(6-8-20-2)16-14(19)12-5-7-15-9-11(12)3-4-13(17)18/h3-5,7,9-10H,6,8H2,1-2H3,(H,16,19)(H,17,18). The van der Waals surface area contributed by atoms with E-state index >= 15 is 0 Å². The number of carboxylic acid groups (broad SMARTS) is 1. The third kappa shape index (κ3) is 5.19. The van der Waals surface area contributed by atoms with Gasteiger partial charge in [-0.25, -0.2) is 4.79 Å². The number of aliphatic carboxylic acids is 1. The van der Waals surface area contributed by atoms with Crippen LogP contribution < -0.4 is 5.32 Å². The molecule has 6 nitrogen and oxygen atoms in total. The topological polar surface area (TPSA) is 88.5 Å². The molecule has 1 amide bonds. The lowest BCUT2D eigenvalue weighted by atomic mass is 10.1. The van der Waals surface area contributed by atoms with Crippen molar-refractivity contribution in [3.05, 3.63) is 35.7 Å². The number of aromatic nitrogens is 1. The summed E-state index contributed by atoms with van der Waals surface area (Å²) in [6, 6.07) is 1.52. The third-order valence-electron chi connectivity index (χ3n) is 2.63. The number of carbonyl (C=O) groups excluding carboxylic acids is 1. The van der Waals surface area contributed by atoms with Gasteiger partial charge in [0.05, 0.1) is 0 Å². The van der Waals surface area contributed by atoms with Crippen LogP contribution in [0.15, 0.2) is 24.5 Å². The fraction of sp³-hybridized carbons (Fsp3) is 0.357. The van der Waals surface area contributed by atoms with E-state index in [1.54, 1.807) is 13.2 Å². The Hall–Kier alpha value is -2.21. The first kappa shape index (κ1) is 15.8. The van der Waals surface area contributed by atoms with E-state index < -0.39 is 5.97 Å². The van der Waals surface area contributed by atoms with Crippen LogP contribution >= 0.6 is 0 Å². The number of hydrogen-bond donors (Lipinski definition) is 2. The second kappa shape index (κ2) is 8.06. The highest BCUT2D eigenvalue weighted by atomic mass is 16.5. The van der Waals surface area contributed by atoms with Gasteiger partial charge in [-0.3, -0.25) is 9.78 Å². The molecule has 0 saturated heterocycles. The molecule has 0 aliphatic heterocycles. The SMILES string of the molecule is COCCC(C)NC(=O)c1ccncc1C=CC(=O)O. The number of carbonyl (C=O) groups is 2. The zero-order valence-electron chi connectivity index (χ0n) is 11.5. The van der Waals surface area contributed by atoms with Gasteiger partial charge in [-0.2, -0.15) is 0 Å². The Morgan fingerprint density at radius 1 is 1.55 bits per heavy atom. The Morgan fingerprint density at radius 3 is 2.95 bits per heavy atom. The molecular formula is C14H18N2O4. The lowest BCUT2D eigenvalue weighted by molar-refractivity contribution is -0.131. The van der Waals surface area contributed by atoms with Gasteiger partial charge in [0, 0.05) is 49.4 Å². The number of rotatable bonds is 7. The molecule has 0 aromatic carbocycles. The van der Waals surface area contributed by atoms with Crippen LogP contribution in [-0.2, 0) is 9.53 Å². The normalized spacial score (nSPS) is 12.3. The zero-order valence-corrected chi connectivity index (χ0v) is 11.5. The molecule has 1 aromatic rings. The molecule has 6 heteroatoms. The molecule has 0 aliphatic rings. The monoisotopic (exact) mass is 278 g/mol. The van der Waals surface area contributed by atoms with Crippen molar-refractivity contribution in [1.29, 1.82) is 0 Å². The van der Waals surface area contributed by atoms with Crippen LogP contribution in [0.3, 0.4) is 0 Å². The fourth-order valence-corrected chi connectivity index (χ4v) is 1.58. The van der Waals surface area contributed by atoms with Crippen molar-refractivity contribution in [2.45, 2.75) is 19.4 Å². The molecule has 0 aliphatic carbocycles. The van der Waals surface area contributed by atoms with Crippen LogP contribution in [-0.4, -0.2) is 41.7 Å². The first-order valence-electron chi connectivity index (χ1n) is 6.19. The number of ether oxygens (including phenoxy) is 1. The smallest absolute Gasteiger partial charge is 0.328 e. The minimum Gasteiger partial charge on any atom is -0.478 e. The summed E-state index contributed by atoms with van der Waals surface area (Å²) in [6.07, 6.45) is 5.97. The average Bonchev–Trinajstić information content (AvgIpc) is 2.43. The predicted molar refractivity (Wildman–Crippen MR) is 74.3 cm³/mol. The first-order chi connectivity index (χ1) is 9.54. The summed E-state index contributed by atoms with van der Waals surface area (Å²) in [5.41, 5.74) is 0.855. The molecule has 0 bridgehead atoms. The van der Waals surface area contributed by atoms with Gasteiger partial charge in [-0.05, 0) is 25.5 Å². The van der Waals surface area contributed by atoms with E-state index in [4.69, 9.17) is 9.84 Å². The van der Waals surface area contributed by atoms with Crippen molar-refractivity contribution in [2.75, 3.05) is 13.7 Å². The largest absolute Gasteiger partial charge is 0.478 e. The van der Waals surface area contributed by atoms with E-state index in [-0.39, 0.29) is 11.9 Å². The van der Waals surface area contributed by atoms with Gasteiger partial charge in [-0.15, -0.1) is 0 Å². The lowest BCUT2D eigenvalue weighted by Crippen LogP contribution is -2.33. The number of nitrogens with zero attached hydrogens (tertiary/aromatic N) is 1. The summed E-state index contributed by atoms with van der Waals surface area (Å²) >= 11 is 0. The second-order valence-electron chi connectivity index (χ2n) is 4.29. The van der Waals surface area contributed by atoms with Crippen LogP contribution in [0.1, 0.15) is 29.3 Å². The molecular weight excluding hydrogens is 260 g/mol. The summed E-state index contributed by atoms with van der Waals surface area (Å²) < 4.78 is 4.95. The van der Waals surface area contributed by atoms with E-state index in [0.29, 0.717) is 24.2 Å². The maximum Gasteiger partial charge on any atom is 0.328 e. The predicted octanol–water partition coefficient (Wildman–Crippen LogP) is 1.33. The Labute approximate surface area is 117 Å². The van der Waals surface area contributed by atoms with Crippen LogP contribution in [0.5, 0.6) is 0 Å². The van der Waals surface area contributed by atoms with Crippen molar-refractivity contribution >= 4 is 18.0 Å². The summed E-state index contributed by atoms with van der Waals surface area (Å²) in [5.74, 6) is -1.34. The lowest BCUT2D eigenvalue weighted by Gasteiger charge is -2.14. The van der Waals surface area contributed by atoms with Crippen molar-refractivity contribution in [3.63, 3.8) is 0 Å². The highest BCUT2D eigenvalue weighted by Crippen LogP contribution is 2.09. The summed E-state index contributed by atoms with van der Waals surface area (Å²) in [4.78, 5) is 26.5. The Bertz CT molecular complexity index is 500. The highest BCUT2D eigenvalue weighted by Gasteiger charge is 2.12. The maximum atomic E-state index is 12.1. The minimum absolute atomic E-state index is 0.0353. The molecule has 1 heterocycles. The van der Waals surface area contributed by atoms with Crippen molar-refractivity contribution in [3.8, 4) is 0 Å². The van der Waals surface area contributed by atoms with Gasteiger partial charge >= 0.3 is 5.97 Å². The number of amides is 1. The Morgan fingerprint density at radius 2 is 2.30 bits per heavy atom. The molecule has 2 N–H and O–H groups in total. The van der Waals surface area contributed by atoms with Crippen molar-refractivity contribution < 1.29 is 19.4 Å². The minimum atomic E-state index is -1.08. The van der Waals surface area contributed by atoms with E-state index in [1.165, 1.54) is 18.5 Å². The Balaban J connectivity index is 2.79. The molecule has 1 rings (SSSR count). The van der Waals surface area contributed by atoms with Crippen LogP contribution in [0.4, 0.5) is 0 Å². The molecule has 0 radical (unpaired) electrons. The van der Waals surface area contributed by atoms with E-state index in [1.807, 2.05) is 6.92 Å². The van der Waals surface area contributed by atoms with Gasteiger partial charge in [0.15, 0.2) is 0 Å². The average molecular weight is 278 g/mol. The molecule has 1 aromatic heterocycles. The summed E-state index contributed by atoms with van der Waals surface area (Å²) in [6.45, 7) is 2.44. The van der Waals surface area contributed by atoms with Crippen molar-refractivity contribution in [1.82, 2.24) is 10.3 Å². The van der Waals surface area contributed by atoms with E-state index in [9.17, 15) is 9.59 Å². The number of nitrogens with one attached hydrogen (secondary N) is 1. The number of pyridine rings is 1. The van der Waals surface area contributed by atoms with Gasteiger partial charge in [0.1, 0.15) is 0 Å². The number of carboxylic acids is 1. The molecule has 20 heavy (non-hydrogen) atoms. The number of hydrogen-bond acceptors (Lipinski definition) is 4. The molecule has 1 unspecified atom stereocenters. The highest BCUT2D eigenvalue weighted by molar-refractivity contribution is 5.98. The van der Waals surface area contributed by atoms with Crippen LogP contribution in [0.25, 0.3) is 6.08 Å². The molecule has 0 saturated carbocycles. The molecule has 1 atom stereocenters. The molecule has 0 fully saturated rings. The van der Waals surface area contributed by atoms with Gasteiger partial charge in [0.25, 0.3) is 5.91 Å². The zero-order chi connectivity index (χ0) is 15.0. The summed E-state index contributed by atoms with van der Waals surface area (Å²) in [5, 5.41) is 11.5. The Kier molecular flexibility index (Phi) is 6.39. The van der Waals surface area contributed by atoms with Gasteiger partial charge in [0.2, 0.25) is 0 Å². The van der Waals surface area contributed by atoms with E-state index in [0.717, 1.165) is 6.08 Å². The molecule has 0 spiro atoms. The van der Waals surface area contributed by atoms with Crippen molar-refractivity contribution in [2.24, 2.45) is 0 Å². The van der Waals surface area contributed by atoms with Crippen LogP contribution in [0, 0.1) is 0 Å². The van der Waals surface area contributed by atoms with Gasteiger partial charge < -0.3 is 15.2 Å². The van der Waals surface area contributed by atoms with Crippen LogP contribution in [0.2, 0.25) is 0 Å². The van der Waals surface area contributed by atoms with E-state index in [2.05, 4.69) is 10.3 Å². The second-order valence-corrected chi connectivity index (χ2v) is 4.29. The van der Waals surface area contributed by atoms with Gasteiger partial charge in [-0.1, -0.05) is 0 Å².